The number of fused-ring (bicyclic) bond motifs is 11. The molecule has 0 aliphatic rings. The second kappa shape index (κ2) is 9.67. The summed E-state index contributed by atoms with van der Waals surface area (Å²) in [5, 5.41) is 8.06. The molecule has 5 heteroatoms. The summed E-state index contributed by atoms with van der Waals surface area (Å²) in [5.41, 5.74) is 10.8. The van der Waals surface area contributed by atoms with Gasteiger partial charge in [0.1, 0.15) is 11.2 Å². The molecule has 4 heterocycles. The average molecular weight is 632 g/mol. The number of benzene rings is 7. The van der Waals surface area contributed by atoms with Crippen LogP contribution >= 0.6 is 11.3 Å². The molecule has 0 aliphatic carbocycles. The molecule has 0 spiro atoms. The van der Waals surface area contributed by atoms with E-state index in [1.807, 2.05) is 6.07 Å². The maximum atomic E-state index is 6.58. The van der Waals surface area contributed by atoms with Gasteiger partial charge < -0.3 is 8.98 Å². The van der Waals surface area contributed by atoms with Crippen LogP contribution in [0, 0.1) is 0 Å². The fourth-order valence-corrected chi connectivity index (χ4v) is 8.81. The summed E-state index contributed by atoms with van der Waals surface area (Å²) >= 11 is 1.74. The minimum atomic E-state index is 0.890. The highest BCUT2D eigenvalue weighted by Gasteiger charge is 2.23. The fourth-order valence-electron chi connectivity index (χ4n) is 7.68. The molecule has 0 atom stereocenters. The highest BCUT2D eigenvalue weighted by molar-refractivity contribution is 7.22. The zero-order valence-electron chi connectivity index (χ0n) is 25.6. The molecule has 0 aliphatic heterocycles. The van der Waals surface area contributed by atoms with Gasteiger partial charge in [0.2, 0.25) is 0 Å². The van der Waals surface area contributed by atoms with Gasteiger partial charge in [0.05, 0.1) is 32.3 Å². The highest BCUT2D eigenvalue weighted by atomic mass is 32.1. The van der Waals surface area contributed by atoms with Crippen LogP contribution in [0.25, 0.3) is 97.7 Å². The molecular weight excluding hydrogens is 607 g/mol. The number of rotatable bonds is 3. The van der Waals surface area contributed by atoms with Gasteiger partial charge in [-0.1, -0.05) is 114 Å². The Morgan fingerprint density at radius 1 is 0.500 bits per heavy atom. The minimum Gasteiger partial charge on any atom is -0.455 e. The van der Waals surface area contributed by atoms with Crippen molar-refractivity contribution in [1.82, 2.24) is 14.1 Å². The van der Waals surface area contributed by atoms with Crippen molar-refractivity contribution in [3.63, 3.8) is 0 Å². The predicted molar refractivity (Wildman–Crippen MR) is 201 cm³/mol. The lowest BCUT2D eigenvalue weighted by Gasteiger charge is -2.08. The first-order valence-electron chi connectivity index (χ1n) is 16.1. The molecule has 4 nitrogen and oxygen atoms in total. The molecule has 11 rings (SSSR count). The molecule has 48 heavy (non-hydrogen) atoms. The van der Waals surface area contributed by atoms with Crippen molar-refractivity contribution in [3.8, 4) is 21.9 Å². The Bertz CT molecular complexity index is 3050. The Balaban J connectivity index is 1.26. The van der Waals surface area contributed by atoms with Crippen molar-refractivity contribution < 1.29 is 4.42 Å². The highest BCUT2D eigenvalue weighted by Crippen LogP contribution is 2.45. The van der Waals surface area contributed by atoms with Gasteiger partial charge in [0.25, 0.3) is 0 Å². The van der Waals surface area contributed by atoms with Crippen molar-refractivity contribution >= 4 is 87.1 Å². The number of hydrogen-bond donors (Lipinski definition) is 0. The van der Waals surface area contributed by atoms with Crippen LogP contribution in [0.4, 0.5) is 0 Å². The summed E-state index contributed by atoms with van der Waals surface area (Å²) < 4.78 is 12.5. The molecule has 0 saturated carbocycles. The first-order valence-corrected chi connectivity index (χ1v) is 17.0. The van der Waals surface area contributed by atoms with E-state index in [-0.39, 0.29) is 0 Å². The summed E-state index contributed by atoms with van der Waals surface area (Å²) in [5.74, 6) is 0. The standard InChI is InChI=1S/C43H25N3OS/c1-3-13-26(14-4-1)31-23-34-42(40-30-19-9-12-22-39(30)47-41(31)40)48-43(44-34)46-36-21-11-8-18-29(36)33-24-37-32(25-38(33)46)28-17-7-10-20-35(28)45(37)27-15-5-2-6-16-27/h1-25H. The number of nitrogens with zero attached hydrogens (tertiary/aromatic N) is 3. The van der Waals surface area contributed by atoms with Gasteiger partial charge in [-0.2, -0.15) is 0 Å². The lowest BCUT2D eigenvalue weighted by atomic mass is 10.0. The van der Waals surface area contributed by atoms with Gasteiger partial charge in [-0.05, 0) is 54.1 Å². The summed E-state index contributed by atoms with van der Waals surface area (Å²) in [4.78, 5) is 5.41. The molecule has 4 aromatic heterocycles. The molecule has 0 bridgehead atoms. The largest absolute Gasteiger partial charge is 0.455 e. The van der Waals surface area contributed by atoms with Gasteiger partial charge in [-0.15, -0.1) is 0 Å². The lowest BCUT2D eigenvalue weighted by Crippen LogP contribution is -1.94. The summed E-state index contributed by atoms with van der Waals surface area (Å²) in [6.07, 6.45) is 0. The lowest BCUT2D eigenvalue weighted by molar-refractivity contribution is 0.670. The van der Waals surface area contributed by atoms with E-state index in [2.05, 4.69) is 155 Å². The molecule has 0 fully saturated rings. The Hall–Kier alpha value is -6.17. The zero-order valence-corrected chi connectivity index (χ0v) is 26.4. The summed E-state index contributed by atoms with van der Waals surface area (Å²) in [6.45, 7) is 0. The number of aromatic nitrogens is 3. The molecule has 7 aromatic carbocycles. The number of hydrogen-bond acceptors (Lipinski definition) is 3. The Morgan fingerprint density at radius 2 is 1.08 bits per heavy atom. The second-order valence-electron chi connectivity index (χ2n) is 12.4. The fraction of sp³-hybridized carbons (Fsp3) is 0. The van der Waals surface area contributed by atoms with E-state index in [4.69, 9.17) is 9.40 Å². The SMILES string of the molecule is c1ccc(-c2cc3nc(-n4c5ccccc5c5cc6c(cc54)c4ccccc4n6-c4ccccc4)sc3c3c2oc2ccccc23)cc1. The van der Waals surface area contributed by atoms with E-state index in [1.165, 1.54) is 32.6 Å². The average Bonchev–Trinajstić information content (AvgIpc) is 3.90. The number of thiazole rings is 1. The van der Waals surface area contributed by atoms with Gasteiger partial charge >= 0.3 is 0 Å². The first-order chi connectivity index (χ1) is 23.8. The maximum absolute atomic E-state index is 6.58. The maximum Gasteiger partial charge on any atom is 0.195 e. The molecule has 224 valence electrons. The van der Waals surface area contributed by atoms with Crippen molar-refractivity contribution in [2.75, 3.05) is 0 Å². The van der Waals surface area contributed by atoms with Crippen LogP contribution in [0.1, 0.15) is 0 Å². The van der Waals surface area contributed by atoms with Crippen LogP contribution < -0.4 is 0 Å². The topological polar surface area (TPSA) is 35.9 Å². The van der Waals surface area contributed by atoms with Gasteiger partial charge in [0, 0.05) is 43.6 Å². The molecule has 0 amide bonds. The third-order valence-electron chi connectivity index (χ3n) is 9.75. The van der Waals surface area contributed by atoms with Crippen molar-refractivity contribution in [2.24, 2.45) is 0 Å². The second-order valence-corrected chi connectivity index (χ2v) is 13.3. The normalized spacial score (nSPS) is 12.2. The predicted octanol–water partition coefficient (Wildman–Crippen LogP) is 12.1. The summed E-state index contributed by atoms with van der Waals surface area (Å²) in [7, 11) is 0. The molecule has 0 radical (unpaired) electrons. The Morgan fingerprint density at radius 3 is 1.81 bits per heavy atom. The third kappa shape index (κ3) is 3.51. The van der Waals surface area contributed by atoms with E-state index in [0.717, 1.165) is 65.1 Å². The van der Waals surface area contributed by atoms with E-state index in [9.17, 15) is 0 Å². The van der Waals surface area contributed by atoms with Crippen molar-refractivity contribution in [2.45, 2.75) is 0 Å². The zero-order chi connectivity index (χ0) is 31.3. The van der Waals surface area contributed by atoms with Crippen LogP contribution in [-0.2, 0) is 0 Å². The summed E-state index contributed by atoms with van der Waals surface area (Å²) in [6, 6.07) is 53.9. The van der Waals surface area contributed by atoms with E-state index < -0.39 is 0 Å². The smallest absolute Gasteiger partial charge is 0.195 e. The van der Waals surface area contributed by atoms with Gasteiger partial charge in [-0.25, -0.2) is 4.98 Å². The molecule has 11 aromatic rings. The van der Waals surface area contributed by atoms with Crippen LogP contribution in [0.3, 0.4) is 0 Å². The number of para-hydroxylation sites is 4. The Kier molecular flexibility index (Phi) is 5.23. The van der Waals surface area contributed by atoms with Crippen LogP contribution in [0.2, 0.25) is 0 Å². The van der Waals surface area contributed by atoms with E-state index in [1.54, 1.807) is 11.3 Å². The van der Waals surface area contributed by atoms with Crippen LogP contribution in [0.5, 0.6) is 0 Å². The molecule has 0 unspecified atom stereocenters. The van der Waals surface area contributed by atoms with E-state index in [0.29, 0.717) is 0 Å². The Labute approximate surface area is 278 Å². The monoisotopic (exact) mass is 631 g/mol. The van der Waals surface area contributed by atoms with Crippen molar-refractivity contribution in [1.29, 1.82) is 0 Å². The van der Waals surface area contributed by atoms with Crippen LogP contribution in [0.15, 0.2) is 156 Å². The molecule has 0 N–H and O–H groups in total. The molecule has 0 saturated heterocycles. The van der Waals surface area contributed by atoms with Gasteiger partial charge in [0.15, 0.2) is 5.13 Å². The quantitative estimate of drug-likeness (QED) is 0.194. The van der Waals surface area contributed by atoms with Crippen molar-refractivity contribution in [3.05, 3.63) is 152 Å². The van der Waals surface area contributed by atoms with Gasteiger partial charge in [-0.3, -0.25) is 4.57 Å². The van der Waals surface area contributed by atoms with Crippen LogP contribution in [-0.4, -0.2) is 14.1 Å². The number of furan rings is 1. The minimum absolute atomic E-state index is 0.890. The third-order valence-corrected chi connectivity index (χ3v) is 10.8. The first kappa shape index (κ1) is 26.0. The molecular formula is C43H25N3OS. The van der Waals surface area contributed by atoms with E-state index >= 15 is 0 Å².